The Morgan fingerprint density at radius 3 is 2.86 bits per heavy atom. The molecule has 0 saturated heterocycles. The van der Waals surface area contributed by atoms with Gasteiger partial charge in [-0.05, 0) is 37.5 Å². The molecule has 0 saturated carbocycles. The molecule has 8 heteroatoms. The number of esters is 1. The quantitative estimate of drug-likeness (QED) is 0.234. The number of aliphatic hydroxyl groups is 1. The largest absolute Gasteiger partial charge is 0.425 e. The summed E-state index contributed by atoms with van der Waals surface area (Å²) in [6, 6.07) is 5.61. The Balaban J connectivity index is 2.52. The molecule has 0 spiro atoms. The zero-order chi connectivity index (χ0) is 15.8. The van der Waals surface area contributed by atoms with Crippen LogP contribution in [0.3, 0.4) is 0 Å². The predicted octanol–water partition coefficient (Wildman–Crippen LogP) is 0.441. The van der Waals surface area contributed by atoms with E-state index in [9.17, 15) is 20.0 Å². The zero-order valence-corrected chi connectivity index (χ0v) is 11.6. The first-order valence-corrected chi connectivity index (χ1v) is 6.41. The van der Waals surface area contributed by atoms with Gasteiger partial charge in [-0.25, -0.2) is 4.79 Å². The molecular formula is C13H18N2O6. The second kappa shape index (κ2) is 8.18. The number of aliphatic hydroxyl groups excluding tert-OH is 1. The van der Waals surface area contributed by atoms with E-state index < -0.39 is 23.2 Å². The summed E-state index contributed by atoms with van der Waals surface area (Å²) in [6.45, 7) is 1.40. The number of hydrogen-bond donors (Lipinski definition) is 2. The van der Waals surface area contributed by atoms with Gasteiger partial charge in [-0.15, -0.1) is 10.1 Å². The topological polar surface area (TPSA) is 125 Å². The lowest BCUT2D eigenvalue weighted by Crippen LogP contribution is -2.42. The third-order valence-electron chi connectivity index (χ3n) is 2.72. The number of ether oxygens (including phenoxy) is 1. The van der Waals surface area contributed by atoms with Crippen LogP contribution < -0.4 is 10.5 Å². The third kappa shape index (κ3) is 6.19. The van der Waals surface area contributed by atoms with Gasteiger partial charge >= 0.3 is 5.97 Å². The predicted molar refractivity (Wildman–Crippen MR) is 73.0 cm³/mol. The monoisotopic (exact) mass is 298 g/mol. The van der Waals surface area contributed by atoms with Crippen molar-refractivity contribution in [3.8, 4) is 5.75 Å². The van der Waals surface area contributed by atoms with Crippen LogP contribution in [0.5, 0.6) is 5.75 Å². The molecule has 1 rings (SSSR count). The summed E-state index contributed by atoms with van der Waals surface area (Å²) in [5.74, 6) is -0.414. The molecule has 0 amide bonds. The molecule has 3 N–H and O–H groups in total. The zero-order valence-electron chi connectivity index (χ0n) is 11.6. The number of nitrogens with zero attached hydrogens (tertiary/aromatic N) is 1. The molecule has 2 unspecified atom stereocenters. The van der Waals surface area contributed by atoms with Gasteiger partial charge in [-0.1, -0.05) is 12.1 Å². The van der Waals surface area contributed by atoms with E-state index in [-0.39, 0.29) is 6.61 Å². The van der Waals surface area contributed by atoms with Crippen LogP contribution in [0.4, 0.5) is 0 Å². The fourth-order valence-electron chi connectivity index (χ4n) is 1.56. The Labute approximate surface area is 121 Å². The van der Waals surface area contributed by atoms with E-state index in [1.807, 2.05) is 0 Å². The third-order valence-corrected chi connectivity index (χ3v) is 2.72. The Kier molecular flexibility index (Phi) is 6.57. The first-order valence-electron chi connectivity index (χ1n) is 6.41. The van der Waals surface area contributed by atoms with Crippen molar-refractivity contribution < 1.29 is 24.6 Å². The van der Waals surface area contributed by atoms with E-state index in [0.717, 1.165) is 5.56 Å². The van der Waals surface area contributed by atoms with Gasteiger partial charge in [0.1, 0.15) is 11.8 Å². The molecule has 21 heavy (non-hydrogen) atoms. The molecule has 8 nitrogen and oxygen atoms in total. The van der Waals surface area contributed by atoms with Gasteiger partial charge in [0.05, 0.1) is 12.7 Å². The van der Waals surface area contributed by atoms with Gasteiger partial charge in [-0.3, -0.25) is 0 Å². The first-order chi connectivity index (χ1) is 9.90. The summed E-state index contributed by atoms with van der Waals surface area (Å²) in [7, 11) is 0. The van der Waals surface area contributed by atoms with Crippen LogP contribution in [0.25, 0.3) is 0 Å². The maximum atomic E-state index is 11.6. The lowest BCUT2D eigenvalue weighted by Gasteiger charge is -2.13. The van der Waals surface area contributed by atoms with E-state index in [0.29, 0.717) is 18.6 Å². The van der Waals surface area contributed by atoms with Gasteiger partial charge in [-0.2, -0.15) is 0 Å². The second-order valence-electron chi connectivity index (χ2n) is 4.50. The highest BCUT2D eigenvalue weighted by Gasteiger charge is 2.20. The molecule has 0 heterocycles. The second-order valence-corrected chi connectivity index (χ2v) is 4.50. The lowest BCUT2D eigenvalue weighted by molar-refractivity contribution is -0.757. The fourth-order valence-corrected chi connectivity index (χ4v) is 1.56. The summed E-state index contributed by atoms with van der Waals surface area (Å²) in [4.78, 5) is 25.8. The lowest BCUT2D eigenvalue weighted by atomic mass is 10.1. The highest BCUT2D eigenvalue weighted by atomic mass is 16.9. The number of carbonyl (C=O) groups is 1. The maximum Gasteiger partial charge on any atom is 0.330 e. The minimum Gasteiger partial charge on any atom is -0.425 e. The van der Waals surface area contributed by atoms with Gasteiger partial charge in [0.15, 0.2) is 0 Å². The molecule has 0 aromatic heterocycles. The van der Waals surface area contributed by atoms with Crippen molar-refractivity contribution in [3.05, 3.63) is 39.9 Å². The molecule has 0 aliphatic rings. The van der Waals surface area contributed by atoms with E-state index in [1.165, 1.54) is 6.92 Å². The van der Waals surface area contributed by atoms with Crippen LogP contribution in [-0.4, -0.2) is 34.9 Å². The van der Waals surface area contributed by atoms with Crippen molar-refractivity contribution in [3.63, 3.8) is 0 Å². The molecule has 0 radical (unpaired) electrons. The van der Waals surface area contributed by atoms with Crippen LogP contribution in [-0.2, 0) is 16.1 Å². The SMILES string of the molecule is CC(O)C(N)C(=O)Oc1cccc(CCCO[N+](=O)[O-])c1. The number of carbonyl (C=O) groups excluding carboxylic acids is 1. The summed E-state index contributed by atoms with van der Waals surface area (Å²) >= 11 is 0. The van der Waals surface area contributed by atoms with E-state index >= 15 is 0 Å². The Hall–Kier alpha value is -2.19. The fraction of sp³-hybridized carbons (Fsp3) is 0.462. The standard InChI is InChI=1S/C13H18N2O6/c1-9(16)12(14)13(17)21-11-6-2-4-10(8-11)5-3-7-20-15(18)19/h2,4,6,8-9,12,16H,3,5,7,14H2,1H3. The van der Waals surface area contributed by atoms with Crippen molar-refractivity contribution in [1.82, 2.24) is 0 Å². The number of rotatable bonds is 8. The van der Waals surface area contributed by atoms with Gasteiger partial charge in [0.25, 0.3) is 5.09 Å². The normalized spacial score (nSPS) is 13.3. The maximum absolute atomic E-state index is 11.6. The van der Waals surface area contributed by atoms with Gasteiger partial charge in [0, 0.05) is 0 Å². The van der Waals surface area contributed by atoms with Gasteiger partial charge < -0.3 is 20.4 Å². The van der Waals surface area contributed by atoms with Crippen molar-refractivity contribution >= 4 is 5.97 Å². The summed E-state index contributed by atoms with van der Waals surface area (Å²) in [5.41, 5.74) is 6.31. The number of benzene rings is 1. The summed E-state index contributed by atoms with van der Waals surface area (Å²) in [5, 5.41) is 18.4. The Morgan fingerprint density at radius 1 is 1.52 bits per heavy atom. The first kappa shape index (κ1) is 16.9. The average molecular weight is 298 g/mol. The van der Waals surface area contributed by atoms with E-state index in [4.69, 9.17) is 10.5 Å². The average Bonchev–Trinajstić information content (AvgIpc) is 2.42. The molecule has 1 aromatic carbocycles. The highest BCUT2D eigenvalue weighted by molar-refractivity contribution is 5.78. The molecule has 0 bridgehead atoms. The minimum atomic E-state index is -1.11. The van der Waals surface area contributed by atoms with E-state index in [1.54, 1.807) is 24.3 Å². The van der Waals surface area contributed by atoms with Crippen LogP contribution in [0.15, 0.2) is 24.3 Å². The van der Waals surface area contributed by atoms with Gasteiger partial charge in [0.2, 0.25) is 0 Å². The van der Waals surface area contributed by atoms with E-state index in [2.05, 4.69) is 4.84 Å². The molecule has 0 aliphatic heterocycles. The molecular weight excluding hydrogens is 280 g/mol. The van der Waals surface area contributed by atoms with Crippen molar-refractivity contribution in [2.45, 2.75) is 31.9 Å². The number of aryl methyl sites for hydroxylation is 1. The number of nitrogens with two attached hydrogens (primary N) is 1. The van der Waals surface area contributed by atoms with Crippen LogP contribution in [0.1, 0.15) is 18.9 Å². The van der Waals surface area contributed by atoms with Crippen LogP contribution in [0, 0.1) is 10.1 Å². The summed E-state index contributed by atoms with van der Waals surface area (Å²) in [6.07, 6.45) is 0.00716. The Morgan fingerprint density at radius 2 is 2.24 bits per heavy atom. The molecule has 0 aliphatic carbocycles. The van der Waals surface area contributed by atoms with Crippen molar-refractivity contribution in [1.29, 1.82) is 0 Å². The Bertz CT molecular complexity index is 491. The summed E-state index contributed by atoms with van der Waals surface area (Å²) < 4.78 is 5.06. The van der Waals surface area contributed by atoms with Crippen molar-refractivity contribution in [2.75, 3.05) is 6.61 Å². The molecule has 0 fully saturated rings. The van der Waals surface area contributed by atoms with Crippen LogP contribution in [0.2, 0.25) is 0 Å². The molecule has 2 atom stereocenters. The highest BCUT2D eigenvalue weighted by Crippen LogP contribution is 2.15. The molecule has 1 aromatic rings. The van der Waals surface area contributed by atoms with Crippen LogP contribution >= 0.6 is 0 Å². The number of hydrogen-bond acceptors (Lipinski definition) is 7. The molecule has 116 valence electrons. The van der Waals surface area contributed by atoms with Crippen molar-refractivity contribution in [2.24, 2.45) is 5.73 Å². The smallest absolute Gasteiger partial charge is 0.330 e. The minimum absolute atomic E-state index is 0.00389.